The standard InChI is InChI=1S/C26H27N3O3S2/c1-3-29-14-13-19-22(15-29)34-26(24(19)25-27-20-7-5-6-8-21(20)33-25)28-23(30)16-32-18-11-9-17(10-12-18)31-4-2/h5-12H,3-4,13-16H2,1-2H3,(H,28,30). The number of carbonyl (C=O) groups excluding carboxylic acids is 1. The van der Waals surface area contributed by atoms with Crippen LogP contribution in [0.4, 0.5) is 5.00 Å². The van der Waals surface area contributed by atoms with Crippen molar-refractivity contribution < 1.29 is 14.3 Å². The molecule has 2 aromatic carbocycles. The number of carbonyl (C=O) groups is 1. The van der Waals surface area contributed by atoms with Crippen molar-refractivity contribution in [2.24, 2.45) is 0 Å². The summed E-state index contributed by atoms with van der Waals surface area (Å²) >= 11 is 3.34. The molecule has 1 aliphatic rings. The number of aromatic nitrogens is 1. The van der Waals surface area contributed by atoms with E-state index in [1.54, 1.807) is 22.7 Å². The summed E-state index contributed by atoms with van der Waals surface area (Å²) in [5, 5.41) is 4.95. The summed E-state index contributed by atoms with van der Waals surface area (Å²) in [6.07, 6.45) is 0.962. The number of hydrogen-bond donors (Lipinski definition) is 1. The third-order valence-corrected chi connectivity index (χ3v) is 8.03. The van der Waals surface area contributed by atoms with Gasteiger partial charge in [-0.2, -0.15) is 0 Å². The second kappa shape index (κ2) is 10.1. The van der Waals surface area contributed by atoms with Gasteiger partial charge in [0.1, 0.15) is 21.5 Å². The Morgan fingerprint density at radius 1 is 1.06 bits per heavy atom. The van der Waals surface area contributed by atoms with Gasteiger partial charge in [-0.25, -0.2) is 4.98 Å². The fraction of sp³-hybridized carbons (Fsp3) is 0.308. The van der Waals surface area contributed by atoms with Crippen LogP contribution in [-0.4, -0.2) is 42.1 Å². The van der Waals surface area contributed by atoms with Crippen molar-refractivity contribution in [2.75, 3.05) is 31.6 Å². The molecule has 0 fully saturated rings. The number of thiophene rings is 1. The number of rotatable bonds is 8. The molecule has 176 valence electrons. The highest BCUT2D eigenvalue weighted by Crippen LogP contribution is 2.45. The third-order valence-electron chi connectivity index (χ3n) is 5.85. The number of ether oxygens (including phenoxy) is 2. The number of hydrogen-bond acceptors (Lipinski definition) is 7. The molecular formula is C26H27N3O3S2. The molecule has 3 heterocycles. The monoisotopic (exact) mass is 493 g/mol. The summed E-state index contributed by atoms with van der Waals surface area (Å²) in [6.45, 7) is 7.63. The number of nitrogens with one attached hydrogen (secondary N) is 1. The van der Waals surface area contributed by atoms with Gasteiger partial charge in [0.05, 0.1) is 16.8 Å². The van der Waals surface area contributed by atoms with E-state index in [0.29, 0.717) is 12.4 Å². The molecule has 0 spiro atoms. The van der Waals surface area contributed by atoms with Gasteiger partial charge in [0.25, 0.3) is 5.91 Å². The molecule has 0 radical (unpaired) electrons. The molecule has 0 saturated carbocycles. The van der Waals surface area contributed by atoms with Crippen molar-refractivity contribution >= 4 is 43.8 Å². The van der Waals surface area contributed by atoms with Crippen LogP contribution in [0.25, 0.3) is 20.8 Å². The summed E-state index contributed by atoms with van der Waals surface area (Å²) in [5.74, 6) is 1.24. The lowest BCUT2D eigenvalue weighted by atomic mass is 10.0. The van der Waals surface area contributed by atoms with Gasteiger partial charge in [-0.3, -0.25) is 9.69 Å². The summed E-state index contributed by atoms with van der Waals surface area (Å²) in [6, 6.07) is 15.5. The van der Waals surface area contributed by atoms with Gasteiger partial charge in [0.15, 0.2) is 6.61 Å². The topological polar surface area (TPSA) is 63.7 Å². The Balaban J connectivity index is 1.38. The lowest BCUT2D eigenvalue weighted by molar-refractivity contribution is -0.118. The molecule has 0 atom stereocenters. The van der Waals surface area contributed by atoms with Gasteiger partial charge in [-0.05, 0) is 61.9 Å². The lowest BCUT2D eigenvalue weighted by Crippen LogP contribution is -2.29. The van der Waals surface area contributed by atoms with E-state index in [1.165, 1.54) is 10.4 Å². The zero-order chi connectivity index (χ0) is 23.5. The van der Waals surface area contributed by atoms with Crippen LogP contribution in [-0.2, 0) is 17.8 Å². The zero-order valence-electron chi connectivity index (χ0n) is 19.3. The molecule has 1 amide bonds. The summed E-state index contributed by atoms with van der Waals surface area (Å²) < 4.78 is 12.3. The van der Waals surface area contributed by atoms with Crippen LogP contribution in [0, 0.1) is 0 Å². The van der Waals surface area contributed by atoms with Crippen LogP contribution in [0.5, 0.6) is 11.5 Å². The minimum absolute atomic E-state index is 0.0586. The summed E-state index contributed by atoms with van der Waals surface area (Å²) in [5.41, 5.74) is 3.38. The predicted molar refractivity (Wildman–Crippen MR) is 139 cm³/mol. The van der Waals surface area contributed by atoms with E-state index in [9.17, 15) is 4.79 Å². The molecule has 0 aliphatic carbocycles. The van der Waals surface area contributed by atoms with E-state index in [0.717, 1.165) is 57.6 Å². The number of likely N-dealkylation sites (N-methyl/N-ethyl adjacent to an activating group) is 1. The SMILES string of the molecule is CCOc1ccc(OCC(=O)Nc2sc3c(c2-c2nc4ccccc4s2)CCN(CC)C3)cc1. The Bertz CT molecular complexity index is 1260. The molecule has 5 rings (SSSR count). The first-order chi connectivity index (χ1) is 16.6. The highest BCUT2D eigenvalue weighted by atomic mass is 32.1. The Hall–Kier alpha value is -2.94. The highest BCUT2D eigenvalue weighted by molar-refractivity contribution is 7.22. The Morgan fingerprint density at radius 2 is 1.82 bits per heavy atom. The van der Waals surface area contributed by atoms with Crippen molar-refractivity contribution in [3.05, 3.63) is 59.0 Å². The molecule has 34 heavy (non-hydrogen) atoms. The summed E-state index contributed by atoms with van der Waals surface area (Å²) in [7, 11) is 0. The van der Waals surface area contributed by atoms with Crippen molar-refractivity contribution in [1.82, 2.24) is 9.88 Å². The van der Waals surface area contributed by atoms with Gasteiger partial charge < -0.3 is 14.8 Å². The van der Waals surface area contributed by atoms with Crippen molar-refractivity contribution in [2.45, 2.75) is 26.8 Å². The second-order valence-electron chi connectivity index (χ2n) is 8.05. The number of nitrogens with zero attached hydrogens (tertiary/aromatic N) is 2. The first-order valence-corrected chi connectivity index (χ1v) is 13.2. The van der Waals surface area contributed by atoms with Crippen LogP contribution in [0.2, 0.25) is 0 Å². The maximum Gasteiger partial charge on any atom is 0.262 e. The van der Waals surface area contributed by atoms with Crippen LogP contribution < -0.4 is 14.8 Å². The quantitative estimate of drug-likeness (QED) is 0.335. The van der Waals surface area contributed by atoms with E-state index in [4.69, 9.17) is 14.5 Å². The van der Waals surface area contributed by atoms with E-state index in [-0.39, 0.29) is 12.5 Å². The van der Waals surface area contributed by atoms with E-state index in [2.05, 4.69) is 23.2 Å². The number of amides is 1. The zero-order valence-corrected chi connectivity index (χ0v) is 20.9. The van der Waals surface area contributed by atoms with Crippen LogP contribution in [0.15, 0.2) is 48.5 Å². The molecule has 0 bridgehead atoms. The number of benzene rings is 2. The van der Waals surface area contributed by atoms with Crippen LogP contribution in [0.3, 0.4) is 0 Å². The molecular weight excluding hydrogens is 466 g/mol. The van der Waals surface area contributed by atoms with Gasteiger partial charge in [-0.15, -0.1) is 22.7 Å². The normalized spacial score (nSPS) is 13.6. The lowest BCUT2D eigenvalue weighted by Gasteiger charge is -2.25. The molecule has 6 nitrogen and oxygen atoms in total. The third kappa shape index (κ3) is 4.80. The first kappa shape index (κ1) is 22.8. The predicted octanol–water partition coefficient (Wildman–Crippen LogP) is 5.82. The van der Waals surface area contributed by atoms with E-state index < -0.39 is 0 Å². The minimum atomic E-state index is -0.179. The van der Waals surface area contributed by atoms with Gasteiger partial charge >= 0.3 is 0 Å². The van der Waals surface area contributed by atoms with Crippen LogP contribution in [0.1, 0.15) is 24.3 Å². The molecule has 1 N–H and O–H groups in total. The molecule has 0 saturated heterocycles. The molecule has 8 heteroatoms. The average Bonchev–Trinajstić information content (AvgIpc) is 3.43. The largest absolute Gasteiger partial charge is 0.494 e. The van der Waals surface area contributed by atoms with E-state index >= 15 is 0 Å². The number of para-hydroxylation sites is 1. The molecule has 0 unspecified atom stereocenters. The van der Waals surface area contributed by atoms with Gasteiger partial charge in [0.2, 0.25) is 0 Å². The molecule has 1 aliphatic heterocycles. The van der Waals surface area contributed by atoms with Crippen molar-refractivity contribution in [3.63, 3.8) is 0 Å². The minimum Gasteiger partial charge on any atom is -0.494 e. The Kier molecular flexibility index (Phi) is 6.80. The average molecular weight is 494 g/mol. The van der Waals surface area contributed by atoms with E-state index in [1.807, 2.05) is 49.4 Å². The maximum absolute atomic E-state index is 12.9. The van der Waals surface area contributed by atoms with Gasteiger partial charge in [-0.1, -0.05) is 19.1 Å². The maximum atomic E-state index is 12.9. The molecule has 4 aromatic rings. The van der Waals surface area contributed by atoms with Crippen molar-refractivity contribution in [3.8, 4) is 22.1 Å². The van der Waals surface area contributed by atoms with Crippen molar-refractivity contribution in [1.29, 1.82) is 0 Å². The number of thiazole rings is 1. The Morgan fingerprint density at radius 3 is 2.56 bits per heavy atom. The smallest absolute Gasteiger partial charge is 0.262 e. The Labute approximate surface area is 207 Å². The number of fused-ring (bicyclic) bond motifs is 2. The second-order valence-corrected chi connectivity index (χ2v) is 10.2. The van der Waals surface area contributed by atoms with Crippen LogP contribution >= 0.6 is 22.7 Å². The van der Waals surface area contributed by atoms with Gasteiger partial charge in [0, 0.05) is 23.5 Å². The fourth-order valence-corrected chi connectivity index (χ4v) is 6.55. The molecule has 2 aromatic heterocycles. The summed E-state index contributed by atoms with van der Waals surface area (Å²) in [4.78, 5) is 21.5. The first-order valence-electron chi connectivity index (χ1n) is 11.5. The highest BCUT2D eigenvalue weighted by Gasteiger charge is 2.27. The fourth-order valence-electron chi connectivity index (χ4n) is 4.13. The number of anilines is 1.